The highest BCUT2D eigenvalue weighted by Gasteiger charge is 2.38. The van der Waals surface area contributed by atoms with Crippen molar-refractivity contribution in [2.75, 3.05) is 20.1 Å². The molecule has 0 aromatic carbocycles. The molecule has 3 N–H and O–H groups in total. The van der Waals surface area contributed by atoms with Crippen molar-refractivity contribution in [3.8, 4) is 5.88 Å². The maximum absolute atomic E-state index is 5.98. The monoisotopic (exact) mass is 301 g/mol. The number of hydrogen-bond donors (Lipinski definition) is 2. The molecule has 0 amide bonds. The SMILES string of the molecule is CN=CC(=C(C)N)c1ccc(OC2C[C@H]3CNC[C@H]3C2)nn1. The van der Waals surface area contributed by atoms with E-state index in [0.29, 0.717) is 17.3 Å². The Morgan fingerprint density at radius 3 is 2.59 bits per heavy atom. The number of rotatable bonds is 4. The summed E-state index contributed by atoms with van der Waals surface area (Å²) < 4.78 is 5.98. The first kappa shape index (κ1) is 15.0. The molecule has 1 aliphatic heterocycles. The van der Waals surface area contributed by atoms with Crippen molar-refractivity contribution >= 4 is 11.8 Å². The zero-order valence-corrected chi connectivity index (χ0v) is 13.1. The van der Waals surface area contributed by atoms with E-state index < -0.39 is 0 Å². The molecule has 3 atom stereocenters. The molecule has 1 aromatic heterocycles. The molecular formula is C16H23N5O. The van der Waals surface area contributed by atoms with Crippen molar-refractivity contribution in [2.24, 2.45) is 22.6 Å². The molecule has 6 nitrogen and oxygen atoms in total. The Morgan fingerprint density at radius 1 is 1.32 bits per heavy atom. The van der Waals surface area contributed by atoms with E-state index in [1.807, 2.05) is 19.1 Å². The molecule has 1 saturated carbocycles. The Hall–Kier alpha value is -1.95. The van der Waals surface area contributed by atoms with Crippen LogP contribution < -0.4 is 15.8 Å². The van der Waals surface area contributed by atoms with Crippen LogP contribution >= 0.6 is 0 Å². The molecule has 1 aliphatic carbocycles. The molecule has 2 aliphatic rings. The predicted molar refractivity (Wildman–Crippen MR) is 86.7 cm³/mol. The number of aromatic nitrogens is 2. The number of nitrogens with two attached hydrogens (primary N) is 1. The fraction of sp³-hybridized carbons (Fsp3) is 0.562. The number of allylic oxidation sites excluding steroid dienone is 2. The summed E-state index contributed by atoms with van der Waals surface area (Å²) in [4.78, 5) is 4.00. The van der Waals surface area contributed by atoms with Crippen LogP contribution in [0.5, 0.6) is 5.88 Å². The van der Waals surface area contributed by atoms with Crippen LogP contribution in [0.1, 0.15) is 25.5 Å². The third kappa shape index (κ3) is 3.11. The van der Waals surface area contributed by atoms with Crippen LogP contribution in [0, 0.1) is 11.8 Å². The largest absolute Gasteiger partial charge is 0.473 e. The van der Waals surface area contributed by atoms with Gasteiger partial charge in [-0.25, -0.2) is 0 Å². The summed E-state index contributed by atoms with van der Waals surface area (Å²) in [6, 6.07) is 3.74. The number of hydrogen-bond acceptors (Lipinski definition) is 6. The minimum Gasteiger partial charge on any atom is -0.473 e. The molecular weight excluding hydrogens is 278 g/mol. The quantitative estimate of drug-likeness (QED) is 0.817. The van der Waals surface area contributed by atoms with E-state index in [0.717, 1.165) is 43.3 Å². The van der Waals surface area contributed by atoms with E-state index in [2.05, 4.69) is 20.5 Å². The second kappa shape index (κ2) is 6.44. The van der Waals surface area contributed by atoms with Gasteiger partial charge in [-0.3, -0.25) is 4.99 Å². The van der Waals surface area contributed by atoms with Gasteiger partial charge in [-0.1, -0.05) is 0 Å². The van der Waals surface area contributed by atoms with Crippen molar-refractivity contribution in [2.45, 2.75) is 25.9 Å². The Balaban J connectivity index is 1.66. The molecule has 0 spiro atoms. The number of nitrogens with zero attached hydrogens (tertiary/aromatic N) is 3. The number of ether oxygens (including phenoxy) is 1. The fourth-order valence-electron chi connectivity index (χ4n) is 3.40. The third-order valence-electron chi connectivity index (χ3n) is 4.50. The highest BCUT2D eigenvalue weighted by atomic mass is 16.5. The normalized spacial score (nSPS) is 28.7. The van der Waals surface area contributed by atoms with E-state index in [4.69, 9.17) is 10.5 Å². The maximum atomic E-state index is 5.98. The van der Waals surface area contributed by atoms with E-state index >= 15 is 0 Å². The molecule has 1 saturated heterocycles. The Morgan fingerprint density at radius 2 is 2.05 bits per heavy atom. The van der Waals surface area contributed by atoms with Crippen LogP contribution in [0.2, 0.25) is 0 Å². The van der Waals surface area contributed by atoms with Gasteiger partial charge in [-0.2, -0.15) is 0 Å². The maximum Gasteiger partial charge on any atom is 0.233 e. The van der Waals surface area contributed by atoms with Crippen molar-refractivity contribution in [3.05, 3.63) is 23.5 Å². The summed E-state index contributed by atoms with van der Waals surface area (Å²) >= 11 is 0. The van der Waals surface area contributed by atoms with Crippen LogP contribution in [-0.4, -0.2) is 42.7 Å². The third-order valence-corrected chi connectivity index (χ3v) is 4.50. The lowest BCUT2D eigenvalue weighted by Crippen LogP contribution is -2.19. The average molecular weight is 301 g/mol. The fourth-order valence-corrected chi connectivity index (χ4v) is 3.40. The van der Waals surface area contributed by atoms with Crippen molar-refractivity contribution in [1.82, 2.24) is 15.5 Å². The number of fused-ring (bicyclic) bond motifs is 1. The van der Waals surface area contributed by atoms with Gasteiger partial charge in [0.25, 0.3) is 0 Å². The molecule has 1 aromatic rings. The molecule has 0 bridgehead atoms. The summed E-state index contributed by atoms with van der Waals surface area (Å²) in [6.07, 6.45) is 4.18. The first-order valence-electron chi connectivity index (χ1n) is 7.77. The molecule has 22 heavy (non-hydrogen) atoms. The van der Waals surface area contributed by atoms with Crippen molar-refractivity contribution in [1.29, 1.82) is 0 Å². The molecule has 0 radical (unpaired) electrons. The summed E-state index contributed by atoms with van der Waals surface area (Å²) in [6.45, 7) is 4.07. The van der Waals surface area contributed by atoms with E-state index in [-0.39, 0.29) is 6.10 Å². The molecule has 1 unspecified atom stereocenters. The van der Waals surface area contributed by atoms with Gasteiger partial charge in [-0.05, 0) is 50.8 Å². The zero-order valence-electron chi connectivity index (χ0n) is 13.1. The Labute approximate surface area is 130 Å². The van der Waals surface area contributed by atoms with Crippen molar-refractivity contribution in [3.63, 3.8) is 0 Å². The van der Waals surface area contributed by atoms with Crippen LogP contribution in [0.15, 0.2) is 22.8 Å². The molecule has 3 rings (SSSR count). The minimum absolute atomic E-state index is 0.265. The summed E-state index contributed by atoms with van der Waals surface area (Å²) in [5.41, 5.74) is 8.04. The summed E-state index contributed by atoms with van der Waals surface area (Å²) in [5.74, 6) is 2.10. The highest BCUT2D eigenvalue weighted by Crippen LogP contribution is 2.36. The molecule has 6 heteroatoms. The van der Waals surface area contributed by atoms with Gasteiger partial charge in [0.2, 0.25) is 5.88 Å². The van der Waals surface area contributed by atoms with Crippen molar-refractivity contribution < 1.29 is 4.74 Å². The van der Waals surface area contributed by atoms with E-state index in [1.165, 1.54) is 0 Å². The zero-order chi connectivity index (χ0) is 15.5. The molecule has 2 fully saturated rings. The predicted octanol–water partition coefficient (Wildman–Crippen LogP) is 1.24. The second-order valence-electron chi connectivity index (χ2n) is 6.13. The molecule has 118 valence electrons. The van der Waals surface area contributed by atoms with Gasteiger partial charge in [-0.15, -0.1) is 10.2 Å². The second-order valence-corrected chi connectivity index (χ2v) is 6.13. The van der Waals surface area contributed by atoms with Gasteiger partial charge in [0.15, 0.2) is 0 Å². The summed E-state index contributed by atoms with van der Waals surface area (Å²) in [7, 11) is 1.71. The van der Waals surface area contributed by atoms with Gasteiger partial charge in [0.05, 0.1) is 5.69 Å². The van der Waals surface area contributed by atoms with Crippen LogP contribution in [0.25, 0.3) is 5.57 Å². The van der Waals surface area contributed by atoms with Gasteiger partial charge in [0, 0.05) is 30.6 Å². The summed E-state index contributed by atoms with van der Waals surface area (Å²) in [5, 5.41) is 11.8. The Bertz CT molecular complexity index is 565. The van der Waals surface area contributed by atoms with Crippen LogP contribution in [0.4, 0.5) is 0 Å². The number of nitrogens with one attached hydrogen (secondary N) is 1. The first-order chi connectivity index (χ1) is 10.7. The van der Waals surface area contributed by atoms with Crippen LogP contribution in [-0.2, 0) is 0 Å². The van der Waals surface area contributed by atoms with Gasteiger partial charge < -0.3 is 15.8 Å². The lowest BCUT2D eigenvalue weighted by atomic mass is 10.0. The van der Waals surface area contributed by atoms with Gasteiger partial charge in [0.1, 0.15) is 6.10 Å². The lowest BCUT2D eigenvalue weighted by Gasteiger charge is -2.13. The van der Waals surface area contributed by atoms with E-state index in [1.54, 1.807) is 13.3 Å². The topological polar surface area (TPSA) is 85.4 Å². The highest BCUT2D eigenvalue weighted by molar-refractivity contribution is 6.09. The van der Waals surface area contributed by atoms with E-state index in [9.17, 15) is 0 Å². The first-order valence-corrected chi connectivity index (χ1v) is 7.77. The van der Waals surface area contributed by atoms with Crippen LogP contribution in [0.3, 0.4) is 0 Å². The Kier molecular flexibility index (Phi) is 4.38. The van der Waals surface area contributed by atoms with Gasteiger partial charge >= 0.3 is 0 Å². The smallest absolute Gasteiger partial charge is 0.233 e. The minimum atomic E-state index is 0.265. The standard InChI is InChI=1S/C16H23N5O/c1-10(17)14(9-18-2)15-3-4-16(21-20-15)22-13-5-11-7-19-8-12(11)6-13/h3-4,9,11-13,19H,5-8,17H2,1-2H3/t11-,12+,13?. The molecule has 2 heterocycles. The lowest BCUT2D eigenvalue weighted by molar-refractivity contribution is 0.189. The average Bonchev–Trinajstić information content (AvgIpc) is 3.06. The number of aliphatic imine (C=N–C) groups is 1.